The number of aromatic nitrogens is 2. The average Bonchev–Trinajstić information content (AvgIpc) is 3.17. The zero-order valence-corrected chi connectivity index (χ0v) is 9.85. The van der Waals surface area contributed by atoms with E-state index in [-0.39, 0.29) is 5.56 Å². The molecule has 5 nitrogen and oxygen atoms in total. The Kier molecular flexibility index (Phi) is 2.84. The molecule has 1 aromatic rings. The molecule has 2 N–H and O–H groups in total. The number of anilines is 1. The quantitative estimate of drug-likeness (QED) is 0.810. The van der Waals surface area contributed by atoms with E-state index in [2.05, 4.69) is 15.6 Å². The van der Waals surface area contributed by atoms with Crippen LogP contribution in [-0.4, -0.2) is 28.7 Å². The Bertz CT molecular complexity index is 446. The van der Waals surface area contributed by atoms with Crippen LogP contribution in [0.25, 0.3) is 0 Å². The molecule has 1 aromatic heterocycles. The summed E-state index contributed by atoms with van der Waals surface area (Å²) in [6.45, 7) is 1.99. The second-order valence-electron chi connectivity index (χ2n) is 4.91. The topological polar surface area (TPSA) is 59.0 Å². The van der Waals surface area contributed by atoms with Crippen molar-refractivity contribution < 1.29 is 0 Å². The van der Waals surface area contributed by atoms with Crippen molar-refractivity contribution in [1.82, 2.24) is 14.9 Å². The summed E-state index contributed by atoms with van der Waals surface area (Å²) in [4.78, 5) is 16.3. The summed E-state index contributed by atoms with van der Waals surface area (Å²) in [7, 11) is 0. The molecule has 1 unspecified atom stereocenters. The van der Waals surface area contributed by atoms with Gasteiger partial charge in [0, 0.05) is 31.0 Å². The van der Waals surface area contributed by atoms with Crippen LogP contribution in [0.1, 0.15) is 31.7 Å². The molecule has 2 heterocycles. The molecule has 3 rings (SSSR count). The molecule has 0 bridgehead atoms. The smallest absolute Gasteiger partial charge is 0.293 e. The summed E-state index contributed by atoms with van der Waals surface area (Å²) < 4.78 is 1.81. The zero-order chi connectivity index (χ0) is 11.7. The second kappa shape index (κ2) is 4.49. The molecule has 0 amide bonds. The first-order chi connectivity index (χ1) is 8.34. The highest BCUT2D eigenvalue weighted by Crippen LogP contribution is 2.33. The van der Waals surface area contributed by atoms with Crippen molar-refractivity contribution in [2.24, 2.45) is 0 Å². The fraction of sp³-hybridized carbons (Fsp3) is 0.667. The van der Waals surface area contributed by atoms with E-state index in [9.17, 15) is 4.79 Å². The van der Waals surface area contributed by atoms with Gasteiger partial charge in [0.1, 0.15) is 0 Å². The van der Waals surface area contributed by atoms with Gasteiger partial charge in [-0.2, -0.15) is 0 Å². The van der Waals surface area contributed by atoms with Crippen LogP contribution in [0.15, 0.2) is 17.2 Å². The number of nitrogens with zero attached hydrogens (tertiary/aromatic N) is 2. The molecular formula is C12H18N4O. The Morgan fingerprint density at radius 1 is 1.41 bits per heavy atom. The highest BCUT2D eigenvalue weighted by Gasteiger charge is 2.25. The predicted octanol–water partition coefficient (Wildman–Crippen LogP) is 0.742. The number of hydrogen-bond acceptors (Lipinski definition) is 4. The van der Waals surface area contributed by atoms with Crippen molar-refractivity contribution in [1.29, 1.82) is 0 Å². The van der Waals surface area contributed by atoms with Crippen LogP contribution in [0.5, 0.6) is 0 Å². The van der Waals surface area contributed by atoms with Gasteiger partial charge in [-0.1, -0.05) is 0 Å². The fourth-order valence-corrected chi connectivity index (χ4v) is 2.33. The van der Waals surface area contributed by atoms with Gasteiger partial charge in [-0.15, -0.1) is 0 Å². The third kappa shape index (κ3) is 2.34. The summed E-state index contributed by atoms with van der Waals surface area (Å²) in [6, 6.07) is 0.745. The third-order valence-corrected chi connectivity index (χ3v) is 3.45. The van der Waals surface area contributed by atoms with Gasteiger partial charge in [-0.3, -0.25) is 4.79 Å². The van der Waals surface area contributed by atoms with Gasteiger partial charge in [-0.25, -0.2) is 4.98 Å². The lowest BCUT2D eigenvalue weighted by Gasteiger charge is -2.24. The van der Waals surface area contributed by atoms with Crippen molar-refractivity contribution in [2.45, 2.75) is 37.8 Å². The number of hydrogen-bond donors (Lipinski definition) is 2. The zero-order valence-electron chi connectivity index (χ0n) is 9.85. The highest BCUT2D eigenvalue weighted by molar-refractivity contribution is 5.33. The molecule has 0 aromatic carbocycles. The second-order valence-corrected chi connectivity index (χ2v) is 4.91. The van der Waals surface area contributed by atoms with Gasteiger partial charge < -0.3 is 15.2 Å². The van der Waals surface area contributed by atoms with Gasteiger partial charge in [0.25, 0.3) is 5.56 Å². The van der Waals surface area contributed by atoms with E-state index < -0.39 is 0 Å². The van der Waals surface area contributed by atoms with E-state index >= 15 is 0 Å². The Hall–Kier alpha value is -1.36. The van der Waals surface area contributed by atoms with Crippen LogP contribution in [0, 0.1) is 0 Å². The lowest BCUT2D eigenvalue weighted by atomic mass is 10.1. The Morgan fingerprint density at radius 3 is 3.00 bits per heavy atom. The number of piperidine rings is 1. The Balaban J connectivity index is 1.77. The molecule has 17 heavy (non-hydrogen) atoms. The summed E-state index contributed by atoms with van der Waals surface area (Å²) in [5.41, 5.74) is 0.0283. The maximum Gasteiger partial charge on any atom is 0.293 e. The molecule has 2 aliphatic rings. The molecular weight excluding hydrogens is 216 g/mol. The van der Waals surface area contributed by atoms with Crippen molar-refractivity contribution in [3.8, 4) is 0 Å². The van der Waals surface area contributed by atoms with Crippen LogP contribution in [-0.2, 0) is 0 Å². The summed E-state index contributed by atoms with van der Waals surface area (Å²) in [5.74, 6) is 0.508. The summed E-state index contributed by atoms with van der Waals surface area (Å²) in [6.07, 6.45) is 8.01. The van der Waals surface area contributed by atoms with Gasteiger partial charge in [0.2, 0.25) is 0 Å². The minimum absolute atomic E-state index is 0.0283. The monoisotopic (exact) mass is 234 g/mol. The molecule has 2 fully saturated rings. The maximum atomic E-state index is 12.1. The van der Waals surface area contributed by atoms with E-state index in [1.54, 1.807) is 12.4 Å². The lowest BCUT2D eigenvalue weighted by Crippen LogP contribution is -2.40. The first kappa shape index (κ1) is 10.8. The molecule has 92 valence electrons. The van der Waals surface area contributed by atoms with Gasteiger partial charge in [0.05, 0.1) is 0 Å². The molecule has 1 atom stereocenters. The van der Waals surface area contributed by atoms with E-state index in [1.165, 1.54) is 0 Å². The van der Waals surface area contributed by atoms with Gasteiger partial charge in [-0.05, 0) is 32.2 Å². The molecule has 1 saturated heterocycles. The van der Waals surface area contributed by atoms with Crippen LogP contribution in [0.2, 0.25) is 0 Å². The van der Waals surface area contributed by atoms with Gasteiger partial charge >= 0.3 is 0 Å². The van der Waals surface area contributed by atoms with E-state index in [0.717, 1.165) is 38.8 Å². The minimum Gasteiger partial charge on any atom is -0.361 e. The minimum atomic E-state index is 0.0283. The number of nitrogens with one attached hydrogen (secondary N) is 2. The lowest BCUT2D eigenvalue weighted by molar-refractivity contribution is 0.478. The maximum absolute atomic E-state index is 12.1. The van der Waals surface area contributed by atoms with Crippen LogP contribution in [0.4, 0.5) is 5.82 Å². The van der Waals surface area contributed by atoms with E-state index in [4.69, 9.17) is 0 Å². The first-order valence-electron chi connectivity index (χ1n) is 6.39. The molecule has 5 heteroatoms. The molecule has 0 radical (unpaired) electrons. The largest absolute Gasteiger partial charge is 0.361 e. The molecule has 1 aliphatic heterocycles. The van der Waals surface area contributed by atoms with E-state index in [0.29, 0.717) is 17.9 Å². The van der Waals surface area contributed by atoms with Gasteiger partial charge in [0.15, 0.2) is 5.82 Å². The molecule has 0 spiro atoms. The van der Waals surface area contributed by atoms with E-state index in [1.807, 2.05) is 4.57 Å². The van der Waals surface area contributed by atoms with Crippen LogP contribution < -0.4 is 16.2 Å². The Morgan fingerprint density at radius 2 is 2.29 bits per heavy atom. The van der Waals surface area contributed by atoms with Crippen LogP contribution >= 0.6 is 0 Å². The third-order valence-electron chi connectivity index (χ3n) is 3.45. The Labute approximate surface area is 100 Å². The highest BCUT2D eigenvalue weighted by atomic mass is 16.1. The van der Waals surface area contributed by atoms with Crippen LogP contribution in [0.3, 0.4) is 0 Å². The van der Waals surface area contributed by atoms with Crippen molar-refractivity contribution in [3.63, 3.8) is 0 Å². The standard InChI is InChI=1S/C12H18N4O/c17-12-11(15-9-2-1-5-13-8-9)14-6-7-16(12)10-3-4-10/h6-7,9-10,13H,1-5,8H2,(H,14,15). The summed E-state index contributed by atoms with van der Waals surface area (Å²) >= 11 is 0. The molecule has 1 aliphatic carbocycles. The predicted molar refractivity (Wildman–Crippen MR) is 66.3 cm³/mol. The van der Waals surface area contributed by atoms with Crippen molar-refractivity contribution in [2.75, 3.05) is 18.4 Å². The normalized spacial score (nSPS) is 24.6. The SMILES string of the molecule is O=c1c(NC2CCCNC2)nccn1C1CC1. The van der Waals surface area contributed by atoms with Crippen molar-refractivity contribution >= 4 is 5.82 Å². The fourth-order valence-electron chi connectivity index (χ4n) is 2.33. The van der Waals surface area contributed by atoms with Crippen molar-refractivity contribution in [3.05, 3.63) is 22.7 Å². The number of rotatable bonds is 3. The summed E-state index contributed by atoms with van der Waals surface area (Å²) in [5, 5.41) is 6.59. The average molecular weight is 234 g/mol. The molecule has 1 saturated carbocycles. The first-order valence-corrected chi connectivity index (χ1v) is 6.39.